The van der Waals surface area contributed by atoms with Crippen LogP contribution in [0.3, 0.4) is 0 Å². The number of aromatic nitrogens is 1. The maximum atomic E-state index is 5.96. The topological polar surface area (TPSA) is 22.1 Å². The van der Waals surface area contributed by atoms with Gasteiger partial charge < -0.3 is 4.74 Å². The van der Waals surface area contributed by atoms with Gasteiger partial charge in [-0.25, -0.2) is 0 Å². The maximum Gasteiger partial charge on any atom is 0.134 e. The zero-order valence-electron chi connectivity index (χ0n) is 9.03. The summed E-state index contributed by atoms with van der Waals surface area (Å²) in [6, 6.07) is 8.16. The number of pyridine rings is 1. The highest BCUT2D eigenvalue weighted by Gasteiger charge is 2.26. The molecule has 0 fully saturated rings. The third-order valence-corrected chi connectivity index (χ3v) is 3.76. The summed E-state index contributed by atoms with van der Waals surface area (Å²) in [5, 5.41) is 2.00. The van der Waals surface area contributed by atoms with Crippen LogP contribution in [-0.4, -0.2) is 16.4 Å². The smallest absolute Gasteiger partial charge is 0.134 e. The van der Waals surface area contributed by atoms with E-state index in [0.29, 0.717) is 0 Å². The van der Waals surface area contributed by atoms with E-state index in [-0.39, 0.29) is 6.10 Å². The quantitative estimate of drug-likeness (QED) is 0.747. The molecule has 2 aromatic rings. The van der Waals surface area contributed by atoms with Crippen molar-refractivity contribution in [3.05, 3.63) is 35.5 Å². The number of rotatable bonds is 1. The van der Waals surface area contributed by atoms with E-state index in [1.54, 1.807) is 0 Å². The van der Waals surface area contributed by atoms with E-state index in [2.05, 4.69) is 33.9 Å². The molecule has 1 aliphatic rings. The number of alkyl halides is 1. The Kier molecular flexibility index (Phi) is 2.36. The molecule has 0 amide bonds. The molecule has 2 nitrogen and oxygen atoms in total. The van der Waals surface area contributed by atoms with Gasteiger partial charge in [0.25, 0.3) is 0 Å². The highest BCUT2D eigenvalue weighted by molar-refractivity contribution is 9.09. The first-order valence-corrected chi connectivity index (χ1v) is 6.52. The molecule has 0 aliphatic carbocycles. The molecule has 3 heteroatoms. The molecule has 0 bridgehead atoms. The molecule has 0 radical (unpaired) electrons. The van der Waals surface area contributed by atoms with Crippen molar-refractivity contribution in [2.75, 3.05) is 5.33 Å². The van der Waals surface area contributed by atoms with Crippen LogP contribution in [0.5, 0.6) is 5.75 Å². The number of aryl methyl sites for hydroxylation is 1. The van der Waals surface area contributed by atoms with Gasteiger partial charge in [0.15, 0.2) is 0 Å². The SMILES string of the molecule is Cc1nc2ccccc2c2c1C[C@H](CBr)O2. The van der Waals surface area contributed by atoms with Gasteiger partial charge in [0.2, 0.25) is 0 Å². The van der Waals surface area contributed by atoms with Crippen LogP contribution in [0.1, 0.15) is 11.3 Å². The third-order valence-electron chi connectivity index (χ3n) is 3.04. The van der Waals surface area contributed by atoms with Crippen molar-refractivity contribution in [1.29, 1.82) is 0 Å². The molecular weight excluding hydrogens is 266 g/mol. The molecule has 0 spiro atoms. The number of benzene rings is 1. The third kappa shape index (κ3) is 1.42. The van der Waals surface area contributed by atoms with Crippen LogP contribution < -0.4 is 4.74 Å². The van der Waals surface area contributed by atoms with E-state index >= 15 is 0 Å². The molecule has 1 aromatic heterocycles. The van der Waals surface area contributed by atoms with Crippen LogP contribution in [0.25, 0.3) is 10.9 Å². The highest BCUT2D eigenvalue weighted by atomic mass is 79.9. The van der Waals surface area contributed by atoms with E-state index < -0.39 is 0 Å². The number of halogens is 1. The van der Waals surface area contributed by atoms with Gasteiger partial charge in [-0.1, -0.05) is 28.1 Å². The predicted octanol–water partition coefficient (Wildman–Crippen LogP) is 3.24. The number of nitrogens with zero attached hydrogens (tertiary/aromatic N) is 1. The first kappa shape index (κ1) is 10.1. The summed E-state index contributed by atoms with van der Waals surface area (Å²) in [7, 11) is 0. The van der Waals surface area contributed by atoms with Crippen molar-refractivity contribution in [3.63, 3.8) is 0 Å². The summed E-state index contributed by atoms with van der Waals surface area (Å²) < 4.78 is 5.96. The Bertz CT molecular complexity index is 553. The molecule has 0 saturated heterocycles. The Morgan fingerprint density at radius 3 is 3.06 bits per heavy atom. The van der Waals surface area contributed by atoms with Gasteiger partial charge in [-0.2, -0.15) is 0 Å². The monoisotopic (exact) mass is 277 g/mol. The van der Waals surface area contributed by atoms with E-state index in [1.807, 2.05) is 18.2 Å². The molecule has 3 rings (SSSR count). The van der Waals surface area contributed by atoms with Crippen LogP contribution in [0.4, 0.5) is 0 Å². The van der Waals surface area contributed by atoms with Gasteiger partial charge in [-0.15, -0.1) is 0 Å². The Balaban J connectivity index is 2.27. The normalized spacial score (nSPS) is 18.5. The fourth-order valence-corrected chi connectivity index (χ4v) is 2.60. The number of ether oxygens (including phenoxy) is 1. The number of hydrogen-bond acceptors (Lipinski definition) is 2. The van der Waals surface area contributed by atoms with Crippen molar-refractivity contribution in [3.8, 4) is 5.75 Å². The second-order valence-corrected chi connectivity index (χ2v) is 4.77. The second kappa shape index (κ2) is 3.74. The molecule has 82 valence electrons. The van der Waals surface area contributed by atoms with E-state index in [0.717, 1.165) is 34.1 Å². The fourth-order valence-electron chi connectivity index (χ4n) is 2.24. The largest absolute Gasteiger partial charge is 0.488 e. The number of para-hydroxylation sites is 1. The second-order valence-electron chi connectivity index (χ2n) is 4.12. The van der Waals surface area contributed by atoms with Gasteiger partial charge in [0.1, 0.15) is 11.9 Å². The standard InChI is InChI=1S/C13H12BrNO/c1-8-11-6-9(7-14)16-13(11)10-4-2-3-5-12(10)15-8/h2-5,9H,6-7H2,1H3/t9-/m1/s1. The minimum atomic E-state index is 0.251. The minimum absolute atomic E-state index is 0.251. The van der Waals surface area contributed by atoms with E-state index in [9.17, 15) is 0 Å². The predicted molar refractivity (Wildman–Crippen MR) is 68.4 cm³/mol. The van der Waals surface area contributed by atoms with Gasteiger partial charge in [-0.3, -0.25) is 4.98 Å². The van der Waals surface area contributed by atoms with Crippen LogP contribution in [0, 0.1) is 6.92 Å². The minimum Gasteiger partial charge on any atom is -0.488 e. The lowest BCUT2D eigenvalue weighted by atomic mass is 10.1. The number of hydrogen-bond donors (Lipinski definition) is 0. The Labute approximate surface area is 103 Å². The summed E-state index contributed by atoms with van der Waals surface area (Å²) >= 11 is 3.48. The molecule has 0 N–H and O–H groups in total. The lowest BCUT2D eigenvalue weighted by Crippen LogP contribution is -2.13. The summed E-state index contributed by atoms with van der Waals surface area (Å²) in [5.74, 6) is 1.03. The van der Waals surface area contributed by atoms with Crippen molar-refractivity contribution < 1.29 is 4.74 Å². The Morgan fingerprint density at radius 1 is 1.44 bits per heavy atom. The molecular formula is C13H12BrNO. The van der Waals surface area contributed by atoms with E-state index in [4.69, 9.17) is 4.74 Å². The summed E-state index contributed by atoms with van der Waals surface area (Å²) in [4.78, 5) is 4.62. The highest BCUT2D eigenvalue weighted by Crippen LogP contribution is 2.37. The fraction of sp³-hybridized carbons (Fsp3) is 0.308. The zero-order chi connectivity index (χ0) is 11.1. The van der Waals surface area contributed by atoms with Crippen molar-refractivity contribution in [2.24, 2.45) is 0 Å². The van der Waals surface area contributed by atoms with Gasteiger partial charge in [-0.05, 0) is 19.1 Å². The first-order chi connectivity index (χ1) is 7.79. The van der Waals surface area contributed by atoms with Crippen molar-refractivity contribution >= 4 is 26.8 Å². The molecule has 0 unspecified atom stereocenters. The average Bonchev–Trinajstić information content (AvgIpc) is 2.74. The summed E-state index contributed by atoms with van der Waals surface area (Å²) in [5.41, 5.74) is 3.38. The maximum absolute atomic E-state index is 5.96. The average molecular weight is 278 g/mol. The summed E-state index contributed by atoms with van der Waals surface area (Å²) in [6.45, 7) is 2.06. The molecule has 1 atom stereocenters. The van der Waals surface area contributed by atoms with Crippen LogP contribution >= 0.6 is 15.9 Å². The summed E-state index contributed by atoms with van der Waals surface area (Å²) in [6.07, 6.45) is 1.21. The van der Waals surface area contributed by atoms with Crippen molar-refractivity contribution in [1.82, 2.24) is 4.98 Å². The lowest BCUT2D eigenvalue weighted by molar-refractivity contribution is 0.263. The van der Waals surface area contributed by atoms with Crippen LogP contribution in [0.2, 0.25) is 0 Å². The Hall–Kier alpha value is -1.09. The first-order valence-electron chi connectivity index (χ1n) is 5.40. The molecule has 0 saturated carbocycles. The molecule has 1 aromatic carbocycles. The van der Waals surface area contributed by atoms with Gasteiger partial charge >= 0.3 is 0 Å². The van der Waals surface area contributed by atoms with Gasteiger partial charge in [0, 0.05) is 28.4 Å². The zero-order valence-corrected chi connectivity index (χ0v) is 10.6. The lowest BCUT2D eigenvalue weighted by Gasteiger charge is -2.08. The van der Waals surface area contributed by atoms with Gasteiger partial charge in [0.05, 0.1) is 5.52 Å². The molecule has 16 heavy (non-hydrogen) atoms. The molecule has 2 heterocycles. The molecule has 1 aliphatic heterocycles. The van der Waals surface area contributed by atoms with Crippen molar-refractivity contribution in [2.45, 2.75) is 19.4 Å². The number of fused-ring (bicyclic) bond motifs is 3. The Morgan fingerprint density at radius 2 is 2.25 bits per heavy atom. The van der Waals surface area contributed by atoms with E-state index in [1.165, 1.54) is 5.56 Å². The van der Waals surface area contributed by atoms with Crippen LogP contribution in [0.15, 0.2) is 24.3 Å². The van der Waals surface area contributed by atoms with Crippen LogP contribution in [-0.2, 0) is 6.42 Å².